The van der Waals surface area contributed by atoms with Crippen molar-refractivity contribution < 1.29 is 4.74 Å². The maximum absolute atomic E-state index is 11.9. The number of fused-ring (bicyclic) bond motifs is 1. The minimum Gasteiger partial charge on any atom is -0.490 e. The number of H-pyrrole nitrogens is 1. The molecule has 1 aromatic carbocycles. The summed E-state index contributed by atoms with van der Waals surface area (Å²) < 4.78 is 6.25. The van der Waals surface area contributed by atoms with Crippen LogP contribution in [-0.2, 0) is 0 Å². The van der Waals surface area contributed by atoms with E-state index in [-0.39, 0.29) is 11.7 Å². The molecule has 1 heterocycles. The van der Waals surface area contributed by atoms with E-state index in [2.05, 4.69) is 17.2 Å². The Morgan fingerprint density at radius 2 is 2.04 bits per heavy atom. The van der Waals surface area contributed by atoms with Gasteiger partial charge in [0.1, 0.15) is 5.75 Å². The van der Waals surface area contributed by atoms with Gasteiger partial charge in [-0.1, -0.05) is 6.92 Å². The Morgan fingerprint density at radius 1 is 1.26 bits per heavy atom. The highest BCUT2D eigenvalue weighted by Gasteiger charge is 2.22. The number of hydrogen-bond donors (Lipinski definition) is 2. The predicted molar refractivity (Wildman–Crippen MR) is 94.3 cm³/mol. The van der Waals surface area contributed by atoms with Crippen molar-refractivity contribution >= 4 is 10.8 Å². The van der Waals surface area contributed by atoms with Crippen LogP contribution in [-0.4, -0.2) is 23.7 Å². The van der Waals surface area contributed by atoms with Crippen molar-refractivity contribution in [3.05, 3.63) is 40.3 Å². The van der Waals surface area contributed by atoms with Gasteiger partial charge in [-0.3, -0.25) is 4.79 Å². The maximum atomic E-state index is 11.9. The molecule has 3 rings (SSSR count). The lowest BCUT2D eigenvalue weighted by molar-refractivity contribution is 0.139. The topological polar surface area (TPSA) is 54.1 Å². The van der Waals surface area contributed by atoms with Crippen LogP contribution in [0.4, 0.5) is 0 Å². The fraction of sp³-hybridized carbons (Fsp3) is 0.526. The van der Waals surface area contributed by atoms with Crippen LogP contribution in [0.15, 0.2) is 29.2 Å². The molecule has 0 saturated heterocycles. The van der Waals surface area contributed by atoms with E-state index >= 15 is 0 Å². The van der Waals surface area contributed by atoms with Gasteiger partial charge in [-0.25, -0.2) is 0 Å². The Morgan fingerprint density at radius 3 is 2.78 bits per heavy atom. The number of aryl methyl sites for hydroxylation is 1. The molecular formula is C19H26N2O2. The quantitative estimate of drug-likeness (QED) is 0.888. The summed E-state index contributed by atoms with van der Waals surface area (Å²) in [6, 6.07) is 6.50. The minimum absolute atomic E-state index is 0.0420. The van der Waals surface area contributed by atoms with Crippen molar-refractivity contribution in [1.82, 2.24) is 10.3 Å². The van der Waals surface area contributed by atoms with Crippen LogP contribution in [0.3, 0.4) is 0 Å². The van der Waals surface area contributed by atoms with E-state index in [0.29, 0.717) is 6.04 Å². The van der Waals surface area contributed by atoms with Crippen LogP contribution in [0.1, 0.15) is 44.6 Å². The number of aromatic amines is 1. The average molecular weight is 314 g/mol. The molecule has 2 aromatic rings. The lowest BCUT2D eigenvalue weighted by Crippen LogP contribution is -2.36. The van der Waals surface area contributed by atoms with Crippen LogP contribution in [0, 0.1) is 6.92 Å². The van der Waals surface area contributed by atoms with E-state index in [1.165, 1.54) is 19.3 Å². The number of pyridine rings is 1. The Kier molecular flexibility index (Phi) is 5.01. The first kappa shape index (κ1) is 16.1. The molecular weight excluding hydrogens is 288 g/mol. The summed E-state index contributed by atoms with van der Waals surface area (Å²) in [4.78, 5) is 14.6. The molecule has 1 fully saturated rings. The lowest BCUT2D eigenvalue weighted by atomic mass is 9.92. The Labute approximate surface area is 137 Å². The van der Waals surface area contributed by atoms with Crippen LogP contribution < -0.4 is 15.6 Å². The van der Waals surface area contributed by atoms with E-state index in [1.807, 2.05) is 25.1 Å². The first-order chi connectivity index (χ1) is 11.2. The lowest BCUT2D eigenvalue weighted by Gasteiger charge is -2.30. The summed E-state index contributed by atoms with van der Waals surface area (Å²) in [6.45, 7) is 5.32. The first-order valence-electron chi connectivity index (χ1n) is 8.69. The van der Waals surface area contributed by atoms with E-state index in [1.54, 1.807) is 6.20 Å². The van der Waals surface area contributed by atoms with E-state index in [0.717, 1.165) is 41.5 Å². The minimum atomic E-state index is -0.0420. The summed E-state index contributed by atoms with van der Waals surface area (Å²) in [7, 11) is 0. The molecule has 0 unspecified atom stereocenters. The van der Waals surface area contributed by atoms with Crippen molar-refractivity contribution in [2.24, 2.45) is 0 Å². The second-order valence-electron chi connectivity index (χ2n) is 6.56. The predicted octanol–water partition coefficient (Wildman–Crippen LogP) is 3.53. The van der Waals surface area contributed by atoms with Crippen molar-refractivity contribution in [3.8, 4) is 5.75 Å². The van der Waals surface area contributed by atoms with E-state index in [9.17, 15) is 4.79 Å². The molecule has 0 radical (unpaired) electrons. The molecule has 0 amide bonds. The number of benzene rings is 1. The Hall–Kier alpha value is -1.81. The molecule has 1 saturated carbocycles. The van der Waals surface area contributed by atoms with E-state index < -0.39 is 0 Å². The normalized spacial score (nSPS) is 21.5. The fourth-order valence-corrected chi connectivity index (χ4v) is 3.36. The SMILES string of the molecule is CCCNC1CCC(Oc2cc3cc[nH]c(=O)c3cc2C)CC1. The molecule has 4 nitrogen and oxygen atoms in total. The second kappa shape index (κ2) is 7.18. The Bertz CT molecular complexity index is 715. The monoisotopic (exact) mass is 314 g/mol. The largest absolute Gasteiger partial charge is 0.490 e. The zero-order valence-corrected chi connectivity index (χ0v) is 14.0. The van der Waals surface area contributed by atoms with Crippen LogP contribution in [0.2, 0.25) is 0 Å². The van der Waals surface area contributed by atoms with Gasteiger partial charge in [-0.05, 0) is 74.7 Å². The molecule has 2 N–H and O–H groups in total. The molecule has 4 heteroatoms. The first-order valence-corrected chi connectivity index (χ1v) is 8.69. The summed E-state index contributed by atoms with van der Waals surface area (Å²) >= 11 is 0. The van der Waals surface area contributed by atoms with Crippen LogP contribution in [0.25, 0.3) is 10.8 Å². The van der Waals surface area contributed by atoms with Crippen LogP contribution >= 0.6 is 0 Å². The number of aromatic nitrogens is 1. The zero-order chi connectivity index (χ0) is 16.2. The van der Waals surface area contributed by atoms with Gasteiger partial charge < -0.3 is 15.0 Å². The highest BCUT2D eigenvalue weighted by Crippen LogP contribution is 2.28. The van der Waals surface area contributed by atoms with Gasteiger partial charge in [0.15, 0.2) is 0 Å². The molecule has 124 valence electrons. The molecule has 0 bridgehead atoms. The molecule has 0 atom stereocenters. The molecule has 0 aliphatic heterocycles. The molecule has 1 aliphatic carbocycles. The van der Waals surface area contributed by atoms with Crippen LogP contribution in [0.5, 0.6) is 5.75 Å². The van der Waals surface area contributed by atoms with Gasteiger partial charge in [-0.15, -0.1) is 0 Å². The molecule has 1 aromatic heterocycles. The average Bonchev–Trinajstić information content (AvgIpc) is 2.56. The van der Waals surface area contributed by atoms with Gasteiger partial charge in [-0.2, -0.15) is 0 Å². The maximum Gasteiger partial charge on any atom is 0.255 e. The summed E-state index contributed by atoms with van der Waals surface area (Å²) in [5, 5.41) is 5.27. The van der Waals surface area contributed by atoms with Gasteiger partial charge in [0, 0.05) is 17.6 Å². The number of nitrogens with one attached hydrogen (secondary N) is 2. The highest BCUT2D eigenvalue weighted by molar-refractivity contribution is 5.83. The molecule has 23 heavy (non-hydrogen) atoms. The number of hydrogen-bond acceptors (Lipinski definition) is 3. The third-order valence-corrected chi connectivity index (χ3v) is 4.72. The van der Waals surface area contributed by atoms with Crippen molar-refractivity contribution in [2.45, 2.75) is 58.1 Å². The third kappa shape index (κ3) is 3.75. The number of ether oxygens (including phenoxy) is 1. The van der Waals surface area contributed by atoms with E-state index in [4.69, 9.17) is 4.74 Å². The zero-order valence-electron chi connectivity index (χ0n) is 14.0. The van der Waals surface area contributed by atoms with Gasteiger partial charge in [0.25, 0.3) is 5.56 Å². The highest BCUT2D eigenvalue weighted by atomic mass is 16.5. The molecule has 0 spiro atoms. The summed E-state index contributed by atoms with van der Waals surface area (Å²) in [5.74, 6) is 0.910. The van der Waals surface area contributed by atoms with Crippen molar-refractivity contribution in [1.29, 1.82) is 0 Å². The number of rotatable bonds is 5. The van der Waals surface area contributed by atoms with Crippen molar-refractivity contribution in [2.75, 3.05) is 6.54 Å². The van der Waals surface area contributed by atoms with Crippen molar-refractivity contribution in [3.63, 3.8) is 0 Å². The molecule has 1 aliphatic rings. The standard InChI is InChI=1S/C19H26N2O2/c1-3-9-20-15-4-6-16(7-5-15)23-18-12-14-8-10-21-19(22)17(14)11-13(18)2/h8,10-12,15-16,20H,3-7,9H2,1-2H3,(H,21,22). The second-order valence-corrected chi connectivity index (χ2v) is 6.56. The summed E-state index contributed by atoms with van der Waals surface area (Å²) in [5.41, 5.74) is 0.986. The fourth-order valence-electron chi connectivity index (χ4n) is 3.36. The Balaban J connectivity index is 1.68. The van der Waals surface area contributed by atoms with Gasteiger partial charge in [0.05, 0.1) is 6.10 Å². The summed E-state index contributed by atoms with van der Waals surface area (Å²) in [6.07, 6.45) is 7.70. The van der Waals surface area contributed by atoms with Gasteiger partial charge >= 0.3 is 0 Å². The third-order valence-electron chi connectivity index (χ3n) is 4.72. The smallest absolute Gasteiger partial charge is 0.255 e. The van der Waals surface area contributed by atoms with Gasteiger partial charge in [0.2, 0.25) is 0 Å².